The van der Waals surface area contributed by atoms with Gasteiger partial charge < -0.3 is 5.11 Å². The van der Waals surface area contributed by atoms with Crippen molar-refractivity contribution in [2.24, 2.45) is 23.7 Å². The van der Waals surface area contributed by atoms with Gasteiger partial charge in [0.1, 0.15) is 0 Å². The monoisotopic (exact) mass is 174 g/mol. The summed E-state index contributed by atoms with van der Waals surface area (Å²) in [6.07, 6.45) is 8.43. The zero-order chi connectivity index (χ0) is 8.58. The van der Waals surface area contributed by atoms with E-state index in [1.165, 1.54) is 12.8 Å². The third-order valence-corrected chi connectivity index (χ3v) is 4.58. The molecule has 1 N–H and O–H groups in total. The highest BCUT2D eigenvalue weighted by atomic mass is 16.3. The van der Waals surface area contributed by atoms with Gasteiger partial charge in [-0.05, 0) is 37.0 Å². The molecule has 1 saturated carbocycles. The summed E-state index contributed by atoms with van der Waals surface area (Å²) in [5, 5.41) is 9.84. The minimum atomic E-state index is -0.00324. The molecule has 0 aromatic carbocycles. The van der Waals surface area contributed by atoms with Crippen LogP contribution in [-0.2, 0) is 0 Å². The molecular weight excluding hydrogens is 160 g/mol. The molecule has 0 aliphatic heterocycles. The highest BCUT2D eigenvalue weighted by Crippen LogP contribution is 2.61. The van der Waals surface area contributed by atoms with Gasteiger partial charge in [0.25, 0.3) is 0 Å². The van der Waals surface area contributed by atoms with E-state index in [-0.39, 0.29) is 6.10 Å². The first kappa shape index (κ1) is 6.83. The third kappa shape index (κ3) is 0.623. The van der Waals surface area contributed by atoms with E-state index in [0.29, 0.717) is 5.92 Å². The highest BCUT2D eigenvalue weighted by Gasteiger charge is 2.52. The van der Waals surface area contributed by atoms with Crippen molar-refractivity contribution >= 4 is 0 Å². The summed E-state index contributed by atoms with van der Waals surface area (Å²) in [7, 11) is 0. The fourth-order valence-corrected chi connectivity index (χ4v) is 4.22. The predicted octanol–water partition coefficient (Wildman–Crippen LogP) is 1.89. The maximum Gasteiger partial charge on any atom is 0.0611 e. The van der Waals surface area contributed by atoms with Crippen LogP contribution in [0.5, 0.6) is 0 Å². The molecule has 4 bridgehead atoms. The van der Waals surface area contributed by atoms with E-state index in [1.54, 1.807) is 11.1 Å². The standard InChI is InChI=1S/C12H14O/c13-10-5-8-4-9(10)12-7-2-1-6(3-7)11(8)12/h1-2,6-10,13H,3-5H2. The molecule has 5 unspecified atom stereocenters. The first-order valence-electron chi connectivity index (χ1n) is 5.45. The van der Waals surface area contributed by atoms with Gasteiger partial charge in [0, 0.05) is 5.92 Å². The molecule has 0 amide bonds. The summed E-state index contributed by atoms with van der Waals surface area (Å²) in [6.45, 7) is 0. The second-order valence-electron chi connectivity index (χ2n) is 5.09. The molecule has 0 aromatic rings. The van der Waals surface area contributed by atoms with Crippen molar-refractivity contribution in [2.75, 3.05) is 0 Å². The van der Waals surface area contributed by atoms with Gasteiger partial charge in [-0.25, -0.2) is 0 Å². The van der Waals surface area contributed by atoms with Gasteiger partial charge in [-0.3, -0.25) is 0 Å². The van der Waals surface area contributed by atoms with Crippen molar-refractivity contribution < 1.29 is 5.11 Å². The topological polar surface area (TPSA) is 20.2 Å². The van der Waals surface area contributed by atoms with E-state index in [1.807, 2.05) is 0 Å². The molecule has 1 heteroatoms. The first-order valence-corrected chi connectivity index (χ1v) is 5.45. The van der Waals surface area contributed by atoms with E-state index in [4.69, 9.17) is 0 Å². The lowest BCUT2D eigenvalue weighted by Gasteiger charge is -2.24. The molecule has 5 atom stereocenters. The second kappa shape index (κ2) is 1.93. The van der Waals surface area contributed by atoms with E-state index >= 15 is 0 Å². The zero-order valence-corrected chi connectivity index (χ0v) is 7.61. The Morgan fingerprint density at radius 3 is 2.62 bits per heavy atom. The normalized spacial score (nSPS) is 55.3. The maximum absolute atomic E-state index is 9.84. The van der Waals surface area contributed by atoms with Gasteiger partial charge in [0.05, 0.1) is 6.10 Å². The molecule has 4 rings (SSSR count). The molecule has 13 heavy (non-hydrogen) atoms. The summed E-state index contributed by atoms with van der Waals surface area (Å²) < 4.78 is 0. The predicted molar refractivity (Wildman–Crippen MR) is 50.0 cm³/mol. The Kier molecular flexibility index (Phi) is 1.01. The summed E-state index contributed by atoms with van der Waals surface area (Å²) in [6, 6.07) is 0. The maximum atomic E-state index is 9.84. The van der Waals surface area contributed by atoms with Crippen LogP contribution >= 0.6 is 0 Å². The molecule has 0 radical (unpaired) electrons. The van der Waals surface area contributed by atoms with Crippen molar-refractivity contribution in [3.05, 3.63) is 23.3 Å². The number of rotatable bonds is 0. The minimum Gasteiger partial charge on any atom is -0.392 e. The van der Waals surface area contributed by atoms with Gasteiger partial charge in [-0.1, -0.05) is 23.3 Å². The quantitative estimate of drug-likeness (QED) is 0.439. The lowest BCUT2D eigenvalue weighted by atomic mass is 9.84. The van der Waals surface area contributed by atoms with Gasteiger partial charge in [-0.15, -0.1) is 0 Å². The number of aliphatic hydroxyl groups excluding tert-OH is 1. The fourth-order valence-electron chi connectivity index (χ4n) is 4.22. The summed E-state index contributed by atoms with van der Waals surface area (Å²) in [5.74, 6) is 2.82. The lowest BCUT2D eigenvalue weighted by molar-refractivity contribution is 0.139. The number of hydrogen-bond donors (Lipinski definition) is 1. The Balaban J connectivity index is 1.87. The molecule has 4 aliphatic rings. The van der Waals surface area contributed by atoms with Crippen LogP contribution in [0.4, 0.5) is 0 Å². The highest BCUT2D eigenvalue weighted by molar-refractivity contribution is 5.46. The number of aliphatic hydroxyl groups is 1. The van der Waals surface area contributed by atoms with Crippen molar-refractivity contribution in [1.82, 2.24) is 0 Å². The van der Waals surface area contributed by atoms with E-state index in [2.05, 4.69) is 12.2 Å². The Labute approximate surface area is 78.1 Å². The summed E-state index contributed by atoms with van der Waals surface area (Å²) in [5.41, 5.74) is 3.42. The number of allylic oxidation sites excluding steroid dienone is 3. The molecule has 0 aromatic heterocycles. The van der Waals surface area contributed by atoms with E-state index < -0.39 is 0 Å². The van der Waals surface area contributed by atoms with E-state index in [9.17, 15) is 5.11 Å². The van der Waals surface area contributed by atoms with Gasteiger partial charge in [0.2, 0.25) is 0 Å². The largest absolute Gasteiger partial charge is 0.392 e. The summed E-state index contributed by atoms with van der Waals surface area (Å²) >= 11 is 0. The molecule has 68 valence electrons. The Bertz CT molecular complexity index is 339. The van der Waals surface area contributed by atoms with Crippen LogP contribution in [0.15, 0.2) is 23.3 Å². The Morgan fingerprint density at radius 1 is 1.00 bits per heavy atom. The van der Waals surface area contributed by atoms with Crippen LogP contribution in [0.25, 0.3) is 0 Å². The molecule has 0 saturated heterocycles. The van der Waals surface area contributed by atoms with Gasteiger partial charge in [0.15, 0.2) is 0 Å². The first-order chi connectivity index (χ1) is 6.34. The number of fused-ring (bicyclic) bond motifs is 8. The lowest BCUT2D eigenvalue weighted by Crippen LogP contribution is -2.21. The average molecular weight is 174 g/mol. The van der Waals surface area contributed by atoms with Crippen LogP contribution in [-0.4, -0.2) is 11.2 Å². The molecule has 0 spiro atoms. The van der Waals surface area contributed by atoms with Crippen LogP contribution < -0.4 is 0 Å². The van der Waals surface area contributed by atoms with Crippen molar-refractivity contribution in [2.45, 2.75) is 25.4 Å². The molecule has 1 fully saturated rings. The average Bonchev–Trinajstić information content (AvgIpc) is 2.78. The SMILES string of the molecule is OC1CC2CC1C1=C2C2C=CC1C2. The van der Waals surface area contributed by atoms with Gasteiger partial charge >= 0.3 is 0 Å². The fraction of sp³-hybridized carbons (Fsp3) is 0.667. The number of hydrogen-bond acceptors (Lipinski definition) is 1. The molecule has 0 heterocycles. The second-order valence-corrected chi connectivity index (χ2v) is 5.09. The van der Waals surface area contributed by atoms with Gasteiger partial charge in [-0.2, -0.15) is 0 Å². The molecule has 1 nitrogen and oxygen atoms in total. The van der Waals surface area contributed by atoms with E-state index in [0.717, 1.165) is 24.2 Å². The summed E-state index contributed by atoms with van der Waals surface area (Å²) in [4.78, 5) is 0. The van der Waals surface area contributed by atoms with Crippen LogP contribution in [0.3, 0.4) is 0 Å². The molecular formula is C12H14O. The third-order valence-electron chi connectivity index (χ3n) is 4.58. The van der Waals surface area contributed by atoms with Crippen molar-refractivity contribution in [3.8, 4) is 0 Å². The Morgan fingerprint density at radius 2 is 1.77 bits per heavy atom. The van der Waals surface area contributed by atoms with Crippen LogP contribution in [0.1, 0.15) is 19.3 Å². The minimum absolute atomic E-state index is 0.00324. The van der Waals surface area contributed by atoms with Crippen molar-refractivity contribution in [1.29, 1.82) is 0 Å². The Hall–Kier alpha value is -0.560. The van der Waals surface area contributed by atoms with Crippen LogP contribution in [0, 0.1) is 23.7 Å². The van der Waals surface area contributed by atoms with Crippen molar-refractivity contribution in [3.63, 3.8) is 0 Å². The van der Waals surface area contributed by atoms with Crippen LogP contribution in [0.2, 0.25) is 0 Å². The smallest absolute Gasteiger partial charge is 0.0611 e. The molecule has 4 aliphatic carbocycles. The zero-order valence-electron chi connectivity index (χ0n) is 7.61.